The molecule has 0 aromatic rings. The van der Waals surface area contributed by atoms with Gasteiger partial charge in [0.25, 0.3) is 0 Å². The molecule has 0 aliphatic carbocycles. The maximum atomic E-state index is 13.8. The van der Waals surface area contributed by atoms with E-state index in [4.69, 9.17) is 0 Å². The second-order valence-corrected chi connectivity index (χ2v) is 28.0. The van der Waals surface area contributed by atoms with Gasteiger partial charge < -0.3 is 175 Å². The van der Waals surface area contributed by atoms with Gasteiger partial charge in [-0.15, -0.1) is 0 Å². The van der Waals surface area contributed by atoms with Gasteiger partial charge >= 0.3 is 0 Å². The van der Waals surface area contributed by atoms with Crippen LogP contribution in [-0.2, 0) is 57.5 Å². The molecule has 0 bridgehead atoms. The number of aliphatic hydroxyl groups excluding tert-OH is 16. The number of amides is 12. The average Bonchev–Trinajstić information content (AvgIpc) is 0.877. The number of nitrogens with one attached hydrogen (secondary N) is 12. The fourth-order valence-corrected chi connectivity index (χ4v) is 10.8. The summed E-state index contributed by atoms with van der Waals surface area (Å²) in [5.74, 6) is -6.20. The molecule has 0 aromatic heterocycles. The molecule has 0 radical (unpaired) electrons. The summed E-state index contributed by atoms with van der Waals surface area (Å²) in [5.41, 5.74) is -6.86. The van der Waals surface area contributed by atoms with Crippen LogP contribution in [0.3, 0.4) is 0 Å². The van der Waals surface area contributed by atoms with Crippen molar-refractivity contribution in [2.75, 3.05) is 276 Å². The van der Waals surface area contributed by atoms with Crippen molar-refractivity contribution in [3.05, 3.63) is 0 Å². The molecule has 0 spiro atoms. The average molecular weight is 1680 g/mol. The number of rotatable bonds is 75. The largest absolute Gasteiger partial charge is 0.395 e. The van der Waals surface area contributed by atoms with Gasteiger partial charge in [-0.1, -0.05) is 0 Å². The maximum absolute atomic E-state index is 13.8. The first kappa shape index (κ1) is 109. The summed E-state index contributed by atoms with van der Waals surface area (Å²) in [6.45, 7) is -9.85. The summed E-state index contributed by atoms with van der Waals surface area (Å²) in [6.07, 6.45) is -1.94. The Kier molecular flexibility index (Phi) is 61.6. The van der Waals surface area contributed by atoms with E-state index in [1.807, 2.05) is 0 Å². The molecule has 0 saturated carbocycles. The van der Waals surface area contributed by atoms with Gasteiger partial charge in [-0.05, 0) is 0 Å². The minimum atomic E-state index is -1.71. The van der Waals surface area contributed by atoms with Crippen molar-refractivity contribution in [3.8, 4) is 0 Å². The zero-order chi connectivity index (χ0) is 87.1. The molecule has 0 aliphatic heterocycles. The smallest absolute Gasteiger partial charge is 0.221 e. The highest BCUT2D eigenvalue weighted by Crippen LogP contribution is 2.10. The molecule has 46 nitrogen and oxygen atoms in total. The van der Waals surface area contributed by atoms with Gasteiger partial charge in [-0.25, -0.2) is 0 Å². The lowest BCUT2D eigenvalue weighted by Crippen LogP contribution is -2.57. The van der Waals surface area contributed by atoms with Crippen molar-refractivity contribution >= 4 is 70.9 Å². The van der Waals surface area contributed by atoms with E-state index in [1.54, 1.807) is 29.4 Å². The Balaban J connectivity index is 7.32. The lowest BCUT2D eigenvalue weighted by molar-refractivity contribution is -0.126. The molecular weight excluding hydrogens is 1540 g/mol. The van der Waals surface area contributed by atoms with Crippen LogP contribution in [-0.4, -0.2) is 480 Å². The molecule has 0 aliphatic rings. The molecule has 28 N–H and O–H groups in total. The highest BCUT2D eigenvalue weighted by Gasteiger charge is 2.34. The summed E-state index contributed by atoms with van der Waals surface area (Å²) in [6, 6.07) is 0. The first-order valence-corrected chi connectivity index (χ1v) is 39.0. The quantitative estimate of drug-likeness (QED) is 0.0269. The van der Waals surface area contributed by atoms with Crippen molar-refractivity contribution in [1.29, 1.82) is 0 Å². The molecular formula is C70H136N18O28. The van der Waals surface area contributed by atoms with E-state index < -0.39 is 172 Å². The Hall–Kier alpha value is -7.24. The molecule has 0 rings (SSSR count). The highest BCUT2D eigenvalue weighted by atomic mass is 16.3. The molecule has 116 heavy (non-hydrogen) atoms. The normalized spacial score (nSPS) is 11.9. The molecule has 0 aromatic carbocycles. The zero-order valence-corrected chi connectivity index (χ0v) is 66.9. The van der Waals surface area contributed by atoms with Gasteiger partial charge in [0, 0.05) is 247 Å². The Bertz CT molecular complexity index is 2390. The Morgan fingerprint density at radius 3 is 0.414 bits per heavy atom. The Morgan fingerprint density at radius 1 is 0.164 bits per heavy atom. The number of hydrogen-bond acceptors (Lipinski definition) is 34. The third-order valence-corrected chi connectivity index (χ3v) is 18.6. The third kappa shape index (κ3) is 50.5. The van der Waals surface area contributed by atoms with E-state index >= 15 is 0 Å². The highest BCUT2D eigenvalue weighted by molar-refractivity contribution is 5.81. The van der Waals surface area contributed by atoms with Gasteiger partial charge in [0.2, 0.25) is 70.9 Å². The molecule has 12 amide bonds. The molecule has 0 heterocycles. The second kappa shape index (κ2) is 65.7. The first-order valence-electron chi connectivity index (χ1n) is 39.0. The van der Waals surface area contributed by atoms with E-state index in [1.165, 1.54) is 0 Å². The Morgan fingerprint density at radius 2 is 0.284 bits per heavy atom. The van der Waals surface area contributed by atoms with Gasteiger partial charge in [0.1, 0.15) is 22.2 Å². The van der Waals surface area contributed by atoms with Gasteiger partial charge in [0.15, 0.2) is 0 Å². The van der Waals surface area contributed by atoms with Crippen LogP contribution in [0.15, 0.2) is 0 Å². The summed E-state index contributed by atoms with van der Waals surface area (Å²) in [7, 11) is 0. The summed E-state index contributed by atoms with van der Waals surface area (Å²) in [4.78, 5) is 168. The number of carbonyl (C=O) groups excluding carboxylic acids is 12. The van der Waals surface area contributed by atoms with Crippen molar-refractivity contribution in [1.82, 2.24) is 93.2 Å². The predicted molar refractivity (Wildman–Crippen MR) is 415 cm³/mol. The molecule has 0 saturated heterocycles. The van der Waals surface area contributed by atoms with Crippen molar-refractivity contribution in [2.24, 2.45) is 0 Å². The van der Waals surface area contributed by atoms with E-state index in [0.29, 0.717) is 0 Å². The van der Waals surface area contributed by atoms with Crippen LogP contribution in [0.2, 0.25) is 0 Å². The van der Waals surface area contributed by atoms with Gasteiger partial charge in [0.05, 0.1) is 106 Å². The minimum Gasteiger partial charge on any atom is -0.395 e. The molecule has 0 unspecified atom stereocenters. The number of carbonyl (C=O) groups is 12. The van der Waals surface area contributed by atoms with Crippen LogP contribution < -0.4 is 63.8 Å². The van der Waals surface area contributed by atoms with Crippen LogP contribution in [0.1, 0.15) is 77.0 Å². The van der Waals surface area contributed by atoms with Crippen molar-refractivity contribution < 1.29 is 139 Å². The molecule has 0 fully saturated rings. The van der Waals surface area contributed by atoms with E-state index in [0.717, 1.165) is 0 Å². The summed E-state index contributed by atoms with van der Waals surface area (Å²) < 4.78 is 0. The standard InChI is InChI=1S/C70H136N18O28/c89-39-17-75-59(109)1-21-83(29-9-63(113)79-67(43-93,44-94)45-95)33-13-71-55(105)5-25-87(26-6-56(106)72-14-34-84(22-2-60(110)76-18-40-90)30-10-64(114)80-68(46-96,47-97)48-98)37-38-88(27-7-57(107)73-15-35-85(23-3-61(111)77-19-41-91)31-11-65(115)81-69(49-99,50-100)51-101)28-8-58(108)74-16-36-86(24-4-62(112)78-20-42-92)32-12-66(116)82-70(52-102,53-103)54-104/h89-104H,1-54H2,(H,71,105)(H,72,106)(H,73,107)(H,74,108)(H,75,109)(H,76,110)(H,77,111)(H,78,112)(H,79,113)(H,80,114)(H,81,115)(H,82,116). The molecule has 0 atom stereocenters. The lowest BCUT2D eigenvalue weighted by atomic mass is 10.0. The Labute approximate surface area is 676 Å². The predicted octanol–water partition coefficient (Wildman–Crippen LogP) is -16.3. The van der Waals surface area contributed by atoms with Crippen molar-refractivity contribution in [3.63, 3.8) is 0 Å². The van der Waals surface area contributed by atoms with Crippen LogP contribution in [0.4, 0.5) is 0 Å². The second-order valence-electron chi connectivity index (χ2n) is 28.0. The van der Waals surface area contributed by atoms with Crippen molar-refractivity contribution in [2.45, 2.75) is 99.2 Å². The lowest BCUT2D eigenvalue weighted by Gasteiger charge is -2.29. The van der Waals surface area contributed by atoms with E-state index in [2.05, 4.69) is 63.8 Å². The SMILES string of the molecule is O=C(CCN(CCNC(=O)CCN(CCC(=O)NCCN(CCC(=O)NCCO)CCC(=O)NC(CO)(CO)CO)CCN(CCC(=O)NCCN(CCC(=O)NCCO)CCC(=O)NC(CO)(CO)CO)CCC(=O)NCCN(CCC(=O)NCCO)CCC(=O)NC(CO)(CO)CO)CCC(=O)NC(CO)(CO)CO)NCCO. The fraction of sp³-hybridized carbons (Fsp3) is 0.829. The van der Waals surface area contributed by atoms with Crippen LogP contribution in [0.25, 0.3) is 0 Å². The van der Waals surface area contributed by atoms with Crippen LogP contribution >= 0.6 is 0 Å². The van der Waals surface area contributed by atoms with Gasteiger partial charge in [-0.2, -0.15) is 0 Å². The monoisotopic (exact) mass is 1680 g/mol. The minimum absolute atomic E-state index is 0.00232. The first-order chi connectivity index (χ1) is 55.5. The van der Waals surface area contributed by atoms with Crippen LogP contribution in [0, 0.1) is 0 Å². The number of hydrogen-bond donors (Lipinski definition) is 28. The topological polar surface area (TPSA) is 692 Å². The fourth-order valence-electron chi connectivity index (χ4n) is 10.8. The van der Waals surface area contributed by atoms with E-state index in [9.17, 15) is 139 Å². The number of aliphatic hydroxyl groups is 16. The van der Waals surface area contributed by atoms with Crippen LogP contribution in [0.5, 0.6) is 0 Å². The summed E-state index contributed by atoms with van der Waals surface area (Å²) in [5, 5.41) is 185. The summed E-state index contributed by atoms with van der Waals surface area (Å²) >= 11 is 0. The zero-order valence-electron chi connectivity index (χ0n) is 66.9. The number of nitrogens with zero attached hydrogens (tertiary/aromatic N) is 6. The van der Waals surface area contributed by atoms with Gasteiger partial charge in [-0.3, -0.25) is 57.5 Å². The maximum Gasteiger partial charge on any atom is 0.221 e. The van der Waals surface area contributed by atoms with E-state index in [-0.39, 0.29) is 274 Å². The third-order valence-electron chi connectivity index (χ3n) is 18.6. The molecule has 674 valence electrons. The molecule has 46 heteroatoms.